The first-order chi connectivity index (χ1) is 13.5. The van der Waals surface area contributed by atoms with E-state index in [9.17, 15) is 22.9 Å². The molecule has 3 rings (SSSR count). The Morgan fingerprint density at radius 1 is 0.900 bits per heavy atom. The van der Waals surface area contributed by atoms with E-state index in [1.54, 1.807) is 58.0 Å². The standard InChI is InChI=1S/C23H22O5S.Na/c1-13-11-20(24)15(3)9-18(13)23(19-10-16(4)21(25)12-14(19)2)17-7-5-6-8-22(17)29(26,27)28;/h5-12,24H,1-4H3,(H,26,27,28);/q;+1/p-1/b23-19-;. The minimum absolute atomic E-state index is 0. The molecule has 2 aromatic carbocycles. The first-order valence-corrected chi connectivity index (χ1v) is 10.4. The number of ketones is 1. The third-order valence-corrected chi connectivity index (χ3v) is 5.92. The van der Waals surface area contributed by atoms with Gasteiger partial charge in [0.2, 0.25) is 0 Å². The molecule has 1 N–H and O–H groups in total. The Kier molecular flexibility index (Phi) is 7.32. The minimum Gasteiger partial charge on any atom is -0.744 e. The SMILES string of the molecule is CC1=C/C(=C(/c2cc(C)c(O)cc2C)c2ccccc2S(=O)(=O)[O-])C(C)=CC1=O.[Na+]. The topological polar surface area (TPSA) is 94.5 Å². The quantitative estimate of drug-likeness (QED) is 0.581. The molecule has 150 valence electrons. The van der Waals surface area contributed by atoms with E-state index in [-0.39, 0.29) is 51.5 Å². The number of aryl methyl sites for hydroxylation is 2. The van der Waals surface area contributed by atoms with Crippen LogP contribution in [0.1, 0.15) is 36.1 Å². The fraction of sp³-hybridized carbons (Fsp3) is 0.174. The van der Waals surface area contributed by atoms with Crippen molar-refractivity contribution in [3.05, 3.63) is 87.5 Å². The van der Waals surface area contributed by atoms with Gasteiger partial charge in [-0.2, -0.15) is 0 Å². The Bertz CT molecular complexity index is 1230. The second-order valence-corrected chi connectivity index (χ2v) is 8.56. The molecule has 0 atom stereocenters. The molecule has 0 unspecified atom stereocenters. The van der Waals surface area contributed by atoms with E-state index in [4.69, 9.17) is 0 Å². The van der Waals surface area contributed by atoms with Crippen molar-refractivity contribution in [1.29, 1.82) is 0 Å². The van der Waals surface area contributed by atoms with Gasteiger partial charge < -0.3 is 9.66 Å². The maximum atomic E-state index is 12.1. The predicted octanol–water partition coefficient (Wildman–Crippen LogP) is 1.19. The zero-order valence-electron chi connectivity index (χ0n) is 17.6. The molecule has 30 heavy (non-hydrogen) atoms. The smallest absolute Gasteiger partial charge is 0.744 e. The number of benzene rings is 2. The van der Waals surface area contributed by atoms with Gasteiger partial charge in [-0.3, -0.25) is 4.79 Å². The Hall–Kier alpha value is -1.96. The summed E-state index contributed by atoms with van der Waals surface area (Å²) >= 11 is 0. The zero-order chi connectivity index (χ0) is 21.5. The number of aromatic hydroxyl groups is 1. The second-order valence-electron chi connectivity index (χ2n) is 7.21. The van der Waals surface area contributed by atoms with Crippen molar-refractivity contribution in [3.8, 4) is 5.75 Å². The predicted molar refractivity (Wildman–Crippen MR) is 111 cm³/mol. The molecule has 0 heterocycles. The summed E-state index contributed by atoms with van der Waals surface area (Å²) in [4.78, 5) is 11.8. The third kappa shape index (κ3) is 4.68. The molecule has 0 radical (unpaired) electrons. The zero-order valence-corrected chi connectivity index (χ0v) is 20.4. The number of rotatable bonds is 3. The van der Waals surface area contributed by atoms with Crippen LogP contribution in [0.15, 0.2) is 70.2 Å². The first-order valence-electron chi connectivity index (χ1n) is 9.02. The number of carbonyl (C=O) groups is 1. The van der Waals surface area contributed by atoms with Crippen LogP contribution in [0.25, 0.3) is 5.57 Å². The maximum Gasteiger partial charge on any atom is 1.00 e. The molecule has 1 aliphatic rings. The first kappa shape index (κ1) is 24.3. The summed E-state index contributed by atoms with van der Waals surface area (Å²) in [5.41, 5.74) is 4.63. The van der Waals surface area contributed by atoms with E-state index in [0.717, 1.165) is 0 Å². The van der Waals surface area contributed by atoms with Crippen molar-refractivity contribution in [2.24, 2.45) is 0 Å². The van der Waals surface area contributed by atoms with Crippen LogP contribution in [0.3, 0.4) is 0 Å². The number of allylic oxidation sites excluding steroid dienone is 5. The van der Waals surface area contributed by atoms with Crippen LogP contribution in [0, 0.1) is 13.8 Å². The molecule has 2 aromatic rings. The summed E-state index contributed by atoms with van der Waals surface area (Å²) in [6.07, 6.45) is 3.21. The monoisotopic (exact) mass is 432 g/mol. The van der Waals surface area contributed by atoms with Gasteiger partial charge >= 0.3 is 29.6 Å². The van der Waals surface area contributed by atoms with Gasteiger partial charge in [-0.05, 0) is 97.0 Å². The molecule has 0 fully saturated rings. The van der Waals surface area contributed by atoms with E-state index in [0.29, 0.717) is 39.0 Å². The summed E-state index contributed by atoms with van der Waals surface area (Å²) in [6, 6.07) is 9.39. The number of phenolic OH excluding ortho intramolecular Hbond substituents is 1. The molecule has 0 amide bonds. The third-order valence-electron chi connectivity index (χ3n) is 5.03. The van der Waals surface area contributed by atoms with E-state index >= 15 is 0 Å². The molecular formula is C23H21NaO5S. The summed E-state index contributed by atoms with van der Waals surface area (Å²) in [5, 5.41) is 10.1. The molecular weight excluding hydrogens is 411 g/mol. The van der Waals surface area contributed by atoms with Gasteiger partial charge in [-0.25, -0.2) is 8.42 Å². The summed E-state index contributed by atoms with van der Waals surface area (Å²) in [7, 11) is -4.74. The van der Waals surface area contributed by atoms with Gasteiger partial charge in [0, 0.05) is 5.56 Å². The Morgan fingerprint density at radius 3 is 2.17 bits per heavy atom. The van der Waals surface area contributed by atoms with Crippen LogP contribution < -0.4 is 29.6 Å². The average Bonchev–Trinajstić information content (AvgIpc) is 2.63. The summed E-state index contributed by atoms with van der Waals surface area (Å²) < 4.78 is 35.9. The minimum atomic E-state index is -4.74. The number of hydrogen-bond donors (Lipinski definition) is 1. The van der Waals surface area contributed by atoms with Crippen molar-refractivity contribution < 1.29 is 52.4 Å². The van der Waals surface area contributed by atoms with Crippen LogP contribution in [-0.2, 0) is 14.9 Å². The fourth-order valence-corrected chi connectivity index (χ4v) is 4.14. The Morgan fingerprint density at radius 2 is 1.53 bits per heavy atom. The summed E-state index contributed by atoms with van der Waals surface area (Å²) in [6.45, 7) is 7.00. The molecule has 0 aliphatic heterocycles. The maximum absolute atomic E-state index is 12.1. The van der Waals surface area contributed by atoms with Crippen LogP contribution in [0.4, 0.5) is 0 Å². The van der Waals surface area contributed by atoms with E-state index in [1.165, 1.54) is 18.2 Å². The Labute approximate surface area is 198 Å². The normalized spacial score (nSPS) is 15.8. The van der Waals surface area contributed by atoms with Gasteiger partial charge in [0.15, 0.2) is 5.78 Å². The summed E-state index contributed by atoms with van der Waals surface area (Å²) in [5.74, 6) is 0.00656. The molecule has 7 heteroatoms. The van der Waals surface area contributed by atoms with Crippen molar-refractivity contribution in [2.75, 3.05) is 0 Å². The average molecular weight is 432 g/mol. The van der Waals surface area contributed by atoms with Crippen LogP contribution in [-0.4, -0.2) is 23.9 Å². The van der Waals surface area contributed by atoms with Crippen LogP contribution >= 0.6 is 0 Å². The van der Waals surface area contributed by atoms with Crippen molar-refractivity contribution in [2.45, 2.75) is 32.6 Å². The number of carbonyl (C=O) groups excluding carboxylic acids is 1. The van der Waals surface area contributed by atoms with Gasteiger partial charge in [-0.1, -0.05) is 18.2 Å². The molecule has 1 aliphatic carbocycles. The fourth-order valence-electron chi connectivity index (χ4n) is 3.46. The van der Waals surface area contributed by atoms with Crippen molar-refractivity contribution >= 4 is 21.5 Å². The van der Waals surface area contributed by atoms with Gasteiger partial charge in [0.1, 0.15) is 15.9 Å². The largest absolute Gasteiger partial charge is 1.00 e. The van der Waals surface area contributed by atoms with E-state index < -0.39 is 10.1 Å². The van der Waals surface area contributed by atoms with Gasteiger partial charge in [0.05, 0.1) is 4.90 Å². The number of phenols is 1. The molecule has 0 saturated carbocycles. The molecule has 0 bridgehead atoms. The molecule has 0 aromatic heterocycles. The van der Waals surface area contributed by atoms with Gasteiger partial charge in [-0.15, -0.1) is 0 Å². The Balaban J connectivity index is 0.00000320. The molecule has 5 nitrogen and oxygen atoms in total. The second kappa shape index (κ2) is 9.04. The van der Waals surface area contributed by atoms with Crippen LogP contribution in [0.5, 0.6) is 5.75 Å². The van der Waals surface area contributed by atoms with Gasteiger partial charge in [0.25, 0.3) is 0 Å². The molecule has 0 saturated heterocycles. The van der Waals surface area contributed by atoms with E-state index in [1.807, 2.05) is 0 Å². The number of hydrogen-bond acceptors (Lipinski definition) is 5. The van der Waals surface area contributed by atoms with Crippen molar-refractivity contribution in [1.82, 2.24) is 0 Å². The molecule has 0 spiro atoms. The van der Waals surface area contributed by atoms with Crippen LogP contribution in [0.2, 0.25) is 0 Å². The van der Waals surface area contributed by atoms with Crippen molar-refractivity contribution in [3.63, 3.8) is 0 Å². The van der Waals surface area contributed by atoms with E-state index in [2.05, 4.69) is 0 Å².